The van der Waals surface area contributed by atoms with Gasteiger partial charge in [0.05, 0.1) is 0 Å². The summed E-state index contributed by atoms with van der Waals surface area (Å²) in [6.07, 6.45) is 12.2. The van der Waals surface area contributed by atoms with Crippen LogP contribution in [-0.2, 0) is 4.79 Å². The van der Waals surface area contributed by atoms with Crippen molar-refractivity contribution in [3.05, 3.63) is 0 Å². The maximum Gasteiger partial charge on any atom is 0.129 e. The molecule has 0 aliphatic heterocycles. The Kier molecular flexibility index (Phi) is 63.0. The molecular weight excluding hydrogens is 292 g/mol. The molecule has 0 saturated heterocycles. The highest BCUT2D eigenvalue weighted by Crippen LogP contribution is 2.01. The van der Waals surface area contributed by atoms with E-state index in [1.54, 1.807) is 6.92 Å². The largest absolute Gasteiger partial charge is 0.300 e. The molecule has 24 heavy (non-hydrogen) atoms. The minimum Gasteiger partial charge on any atom is -0.300 e. The van der Waals surface area contributed by atoms with Crippen LogP contribution in [0.15, 0.2) is 0 Å². The third kappa shape index (κ3) is 99.0. The molecule has 0 N–H and O–H groups in total. The van der Waals surface area contributed by atoms with Gasteiger partial charge in [-0.25, -0.2) is 0 Å². The standard InChI is InChI=1S/C8H16O.C5H12.2C4H10.C2H6/c1-3-4-5-6-7-8(2)9;1-4-5(2)3;2*1-3-4-2;1-2/h3-7H2,1-2H3;5H,4H2,1-3H3;2*3-4H2,1-2H3;1-2H3. The summed E-state index contributed by atoms with van der Waals surface area (Å²) < 4.78 is 0. The summed E-state index contributed by atoms with van der Waals surface area (Å²) in [6.45, 7) is 23.2. The van der Waals surface area contributed by atoms with Gasteiger partial charge in [0.1, 0.15) is 5.78 Å². The maximum absolute atomic E-state index is 10.4. The molecule has 0 heterocycles. The Hall–Kier alpha value is -0.330. The number of carbonyl (C=O) groups is 1. The predicted octanol–water partition coefficient (Wildman–Crippen LogP) is 9.24. The second kappa shape index (κ2) is 43.4. The lowest BCUT2D eigenvalue weighted by Gasteiger charge is -1.93. The zero-order chi connectivity index (χ0) is 20.2. The Labute approximate surface area is 157 Å². The molecule has 0 amide bonds. The fourth-order valence-corrected chi connectivity index (χ4v) is 0.801. The van der Waals surface area contributed by atoms with Gasteiger partial charge < -0.3 is 4.79 Å². The number of ketones is 1. The molecule has 0 aliphatic carbocycles. The number of rotatable bonds is 8. The number of Topliss-reactive ketones (excluding diaryl/α,β-unsaturated/α-hetero) is 1. The second-order valence-electron chi connectivity index (χ2n) is 6.31. The minimum absolute atomic E-state index is 0.325. The first-order valence-corrected chi connectivity index (χ1v) is 10.9. The van der Waals surface area contributed by atoms with Gasteiger partial charge in [0, 0.05) is 6.42 Å². The van der Waals surface area contributed by atoms with Crippen LogP contribution in [0.4, 0.5) is 0 Å². The van der Waals surface area contributed by atoms with E-state index in [0.717, 1.165) is 18.8 Å². The van der Waals surface area contributed by atoms with E-state index in [9.17, 15) is 4.79 Å². The van der Waals surface area contributed by atoms with E-state index in [0.29, 0.717) is 5.78 Å². The average molecular weight is 347 g/mol. The van der Waals surface area contributed by atoms with E-state index in [1.165, 1.54) is 51.4 Å². The first kappa shape index (κ1) is 34.9. The van der Waals surface area contributed by atoms with Crippen LogP contribution in [0, 0.1) is 5.92 Å². The summed E-state index contributed by atoms with van der Waals surface area (Å²) >= 11 is 0. The van der Waals surface area contributed by atoms with Crippen molar-refractivity contribution in [1.82, 2.24) is 0 Å². The summed E-state index contributed by atoms with van der Waals surface area (Å²) in [6, 6.07) is 0. The third-order valence-corrected chi connectivity index (χ3v) is 3.20. The van der Waals surface area contributed by atoms with Gasteiger partial charge in [-0.15, -0.1) is 0 Å². The van der Waals surface area contributed by atoms with Crippen molar-refractivity contribution in [3.63, 3.8) is 0 Å². The molecule has 0 atom stereocenters. The molecule has 0 aromatic heterocycles. The van der Waals surface area contributed by atoms with Crippen molar-refractivity contribution in [2.24, 2.45) is 5.92 Å². The highest BCUT2D eigenvalue weighted by molar-refractivity contribution is 5.75. The lowest BCUT2D eigenvalue weighted by atomic mass is 10.1. The topological polar surface area (TPSA) is 17.1 Å². The average Bonchev–Trinajstić information content (AvgIpc) is 2.61. The summed E-state index contributed by atoms with van der Waals surface area (Å²) in [4.78, 5) is 10.4. The van der Waals surface area contributed by atoms with E-state index < -0.39 is 0 Å². The molecule has 1 nitrogen and oxygen atoms in total. The normalized spacial score (nSPS) is 8.33. The fourth-order valence-electron chi connectivity index (χ4n) is 0.801. The minimum atomic E-state index is 0.325. The van der Waals surface area contributed by atoms with Crippen LogP contribution < -0.4 is 0 Å². The lowest BCUT2D eigenvalue weighted by molar-refractivity contribution is -0.117. The van der Waals surface area contributed by atoms with E-state index >= 15 is 0 Å². The van der Waals surface area contributed by atoms with Gasteiger partial charge in [-0.2, -0.15) is 0 Å². The van der Waals surface area contributed by atoms with Crippen molar-refractivity contribution in [2.45, 2.75) is 140 Å². The van der Waals surface area contributed by atoms with Crippen LogP contribution in [0.3, 0.4) is 0 Å². The lowest BCUT2D eigenvalue weighted by Crippen LogP contribution is -1.88. The van der Waals surface area contributed by atoms with Gasteiger partial charge >= 0.3 is 0 Å². The van der Waals surface area contributed by atoms with Crippen molar-refractivity contribution in [3.8, 4) is 0 Å². The zero-order valence-corrected chi connectivity index (χ0v) is 19.6. The summed E-state index contributed by atoms with van der Waals surface area (Å²) in [5.41, 5.74) is 0. The Bertz CT molecular complexity index is 153. The monoisotopic (exact) mass is 346 g/mol. The second-order valence-corrected chi connectivity index (χ2v) is 6.31. The summed E-state index contributed by atoms with van der Waals surface area (Å²) in [5, 5.41) is 0. The summed E-state index contributed by atoms with van der Waals surface area (Å²) in [5.74, 6) is 1.21. The van der Waals surface area contributed by atoms with Crippen molar-refractivity contribution >= 4 is 5.78 Å². The molecule has 0 aromatic carbocycles. The highest BCUT2D eigenvalue weighted by Gasteiger charge is 1.91. The van der Waals surface area contributed by atoms with E-state index in [4.69, 9.17) is 0 Å². The van der Waals surface area contributed by atoms with Crippen LogP contribution in [0.1, 0.15) is 140 Å². The van der Waals surface area contributed by atoms with Gasteiger partial charge in [0.15, 0.2) is 0 Å². The Balaban J connectivity index is -0.0000000690. The third-order valence-electron chi connectivity index (χ3n) is 3.20. The molecule has 0 aromatic rings. The van der Waals surface area contributed by atoms with Gasteiger partial charge in [-0.3, -0.25) is 0 Å². The number of hydrogen-bond acceptors (Lipinski definition) is 1. The summed E-state index contributed by atoms with van der Waals surface area (Å²) in [7, 11) is 0. The molecular formula is C23H54O. The molecule has 0 saturated carbocycles. The van der Waals surface area contributed by atoms with Gasteiger partial charge in [-0.1, -0.05) is 121 Å². The predicted molar refractivity (Wildman–Crippen MR) is 117 cm³/mol. The van der Waals surface area contributed by atoms with E-state index in [-0.39, 0.29) is 0 Å². The molecule has 0 unspecified atom stereocenters. The molecule has 0 bridgehead atoms. The first-order chi connectivity index (χ1) is 11.4. The van der Waals surface area contributed by atoms with Gasteiger partial charge in [-0.05, 0) is 19.3 Å². The zero-order valence-electron chi connectivity index (χ0n) is 19.6. The van der Waals surface area contributed by atoms with E-state index in [2.05, 4.69) is 55.4 Å². The van der Waals surface area contributed by atoms with Crippen LogP contribution in [0.2, 0.25) is 0 Å². The van der Waals surface area contributed by atoms with Gasteiger partial charge in [0.25, 0.3) is 0 Å². The number of unbranched alkanes of at least 4 members (excludes halogenated alkanes) is 5. The Morgan fingerprint density at radius 2 is 1.00 bits per heavy atom. The molecule has 1 heteroatoms. The van der Waals surface area contributed by atoms with Crippen LogP contribution in [0.5, 0.6) is 0 Å². The molecule has 0 radical (unpaired) electrons. The quantitative estimate of drug-likeness (QED) is 0.400. The van der Waals surface area contributed by atoms with Crippen LogP contribution >= 0.6 is 0 Å². The SMILES string of the molecule is CC.CCC(C)C.CCCC.CCCC.CCCCCCC(C)=O. The Morgan fingerprint density at radius 1 is 0.667 bits per heavy atom. The van der Waals surface area contributed by atoms with Gasteiger partial charge in [0.2, 0.25) is 0 Å². The maximum atomic E-state index is 10.4. The first-order valence-electron chi connectivity index (χ1n) is 10.9. The fraction of sp³-hybridized carbons (Fsp3) is 0.957. The number of carbonyl (C=O) groups excluding carboxylic acids is 1. The van der Waals surface area contributed by atoms with Crippen LogP contribution in [0.25, 0.3) is 0 Å². The van der Waals surface area contributed by atoms with Crippen LogP contribution in [-0.4, -0.2) is 5.78 Å². The van der Waals surface area contributed by atoms with Crippen molar-refractivity contribution in [1.29, 1.82) is 0 Å². The molecule has 0 spiro atoms. The molecule has 0 fully saturated rings. The smallest absolute Gasteiger partial charge is 0.129 e. The van der Waals surface area contributed by atoms with E-state index in [1.807, 2.05) is 13.8 Å². The van der Waals surface area contributed by atoms with Crippen molar-refractivity contribution in [2.75, 3.05) is 0 Å². The molecule has 0 rings (SSSR count). The van der Waals surface area contributed by atoms with Crippen molar-refractivity contribution < 1.29 is 4.79 Å². The highest BCUT2D eigenvalue weighted by atomic mass is 16.1. The number of hydrogen-bond donors (Lipinski definition) is 0. The molecule has 0 aliphatic rings. The molecule has 152 valence electrons. The Morgan fingerprint density at radius 3 is 1.17 bits per heavy atom.